The van der Waals surface area contributed by atoms with Crippen LogP contribution in [0, 0.1) is 13.8 Å². The van der Waals surface area contributed by atoms with Gasteiger partial charge >= 0.3 is 0 Å². The third kappa shape index (κ3) is 3.36. The zero-order valence-electron chi connectivity index (χ0n) is 14.3. The van der Waals surface area contributed by atoms with Crippen LogP contribution in [-0.2, 0) is 11.3 Å². The molecule has 0 fully saturated rings. The number of aromatic nitrogens is 1. The molecule has 1 N–H and O–H groups in total. The molecule has 2 aromatic heterocycles. The van der Waals surface area contributed by atoms with Crippen molar-refractivity contribution in [3.8, 4) is 0 Å². The van der Waals surface area contributed by atoms with Gasteiger partial charge in [0.25, 0.3) is 5.91 Å². The number of rotatable bonds is 6. The van der Waals surface area contributed by atoms with Crippen molar-refractivity contribution in [2.45, 2.75) is 20.4 Å². The van der Waals surface area contributed by atoms with Gasteiger partial charge in [-0.3, -0.25) is 4.79 Å². The molecule has 0 unspecified atom stereocenters. The Hall–Kier alpha value is -2.53. The second-order valence-electron chi connectivity index (χ2n) is 5.96. The topological polar surface area (TPSA) is 56.4 Å². The first kappa shape index (κ1) is 16.3. The number of methoxy groups -OCH3 is 1. The number of aryl methyl sites for hydroxylation is 2. The van der Waals surface area contributed by atoms with Crippen LogP contribution in [-0.4, -0.2) is 30.7 Å². The maximum Gasteiger partial charge on any atom is 0.268 e. The van der Waals surface area contributed by atoms with Gasteiger partial charge in [0, 0.05) is 32.3 Å². The first-order valence-electron chi connectivity index (χ1n) is 8.01. The number of furan rings is 1. The number of ether oxygens (including phenoxy) is 1. The molecular formula is C19H22N2O3. The van der Waals surface area contributed by atoms with E-state index in [1.165, 1.54) is 5.56 Å². The van der Waals surface area contributed by atoms with Crippen molar-refractivity contribution in [1.29, 1.82) is 0 Å². The van der Waals surface area contributed by atoms with Crippen LogP contribution in [0.3, 0.4) is 0 Å². The zero-order valence-corrected chi connectivity index (χ0v) is 14.3. The van der Waals surface area contributed by atoms with E-state index < -0.39 is 0 Å². The summed E-state index contributed by atoms with van der Waals surface area (Å²) in [5, 5.41) is 2.87. The fraction of sp³-hybridized carbons (Fsp3) is 0.316. The van der Waals surface area contributed by atoms with Gasteiger partial charge in [0.15, 0.2) is 5.58 Å². The molecule has 2 heterocycles. The van der Waals surface area contributed by atoms with Crippen LogP contribution in [0.25, 0.3) is 11.1 Å². The van der Waals surface area contributed by atoms with Crippen molar-refractivity contribution in [3.63, 3.8) is 0 Å². The molecule has 0 bridgehead atoms. The minimum Gasteiger partial charge on any atom is -0.460 e. The molecule has 0 spiro atoms. The van der Waals surface area contributed by atoms with E-state index in [-0.39, 0.29) is 5.91 Å². The number of hydrogen-bond acceptors (Lipinski definition) is 3. The van der Waals surface area contributed by atoms with E-state index >= 15 is 0 Å². The number of hydrogen-bond donors (Lipinski definition) is 1. The fourth-order valence-corrected chi connectivity index (χ4v) is 2.76. The Labute approximate surface area is 141 Å². The molecular weight excluding hydrogens is 304 g/mol. The molecule has 1 amide bonds. The van der Waals surface area contributed by atoms with E-state index in [9.17, 15) is 4.79 Å². The molecule has 0 radical (unpaired) electrons. The first-order chi connectivity index (χ1) is 11.6. The predicted molar refractivity (Wildman–Crippen MR) is 93.4 cm³/mol. The third-order valence-corrected chi connectivity index (χ3v) is 4.00. The Balaban J connectivity index is 1.94. The standard InChI is InChI=1S/C19H22N2O3/c1-13-4-6-15(7-5-13)12-21-16-10-14(2)24-18(16)11-17(21)19(22)20-8-9-23-3/h4-7,10-11H,8-9,12H2,1-3H3,(H,20,22). The number of benzene rings is 1. The highest BCUT2D eigenvalue weighted by Crippen LogP contribution is 2.25. The Bertz CT molecular complexity index is 843. The molecule has 0 atom stereocenters. The maximum absolute atomic E-state index is 12.5. The van der Waals surface area contributed by atoms with Gasteiger partial charge in [-0.2, -0.15) is 0 Å². The Morgan fingerprint density at radius 3 is 2.67 bits per heavy atom. The lowest BCUT2D eigenvalue weighted by Gasteiger charge is -2.11. The van der Waals surface area contributed by atoms with E-state index in [2.05, 4.69) is 36.5 Å². The van der Waals surface area contributed by atoms with Gasteiger partial charge in [0.05, 0.1) is 12.1 Å². The second kappa shape index (κ2) is 6.93. The van der Waals surface area contributed by atoms with Gasteiger partial charge in [-0.05, 0) is 19.4 Å². The maximum atomic E-state index is 12.5. The molecule has 3 rings (SSSR count). The molecule has 0 aliphatic carbocycles. The van der Waals surface area contributed by atoms with E-state index in [1.807, 2.05) is 17.6 Å². The lowest BCUT2D eigenvalue weighted by Crippen LogP contribution is -2.29. The highest BCUT2D eigenvalue weighted by Gasteiger charge is 2.18. The first-order valence-corrected chi connectivity index (χ1v) is 8.01. The largest absolute Gasteiger partial charge is 0.460 e. The van der Waals surface area contributed by atoms with Crippen LogP contribution in [0.4, 0.5) is 0 Å². The van der Waals surface area contributed by atoms with Gasteiger partial charge in [0.2, 0.25) is 0 Å². The van der Waals surface area contributed by atoms with Crippen molar-refractivity contribution >= 4 is 17.0 Å². The van der Waals surface area contributed by atoms with E-state index in [0.29, 0.717) is 25.4 Å². The summed E-state index contributed by atoms with van der Waals surface area (Å²) < 4.78 is 12.7. The monoisotopic (exact) mass is 326 g/mol. The highest BCUT2D eigenvalue weighted by atomic mass is 16.5. The smallest absolute Gasteiger partial charge is 0.268 e. The van der Waals surface area contributed by atoms with E-state index in [4.69, 9.17) is 9.15 Å². The molecule has 0 saturated heterocycles. The molecule has 0 aliphatic rings. The minimum absolute atomic E-state index is 0.122. The third-order valence-electron chi connectivity index (χ3n) is 4.00. The van der Waals surface area contributed by atoms with E-state index in [0.717, 1.165) is 22.4 Å². The zero-order chi connectivity index (χ0) is 17.1. The summed E-state index contributed by atoms with van der Waals surface area (Å²) in [5.41, 5.74) is 4.62. The number of amides is 1. The molecule has 3 aromatic rings. The molecule has 126 valence electrons. The Morgan fingerprint density at radius 2 is 1.96 bits per heavy atom. The van der Waals surface area contributed by atoms with Gasteiger partial charge in [0.1, 0.15) is 11.5 Å². The summed E-state index contributed by atoms with van der Waals surface area (Å²) in [6.07, 6.45) is 0. The van der Waals surface area contributed by atoms with Crippen LogP contribution < -0.4 is 5.32 Å². The Kier molecular flexibility index (Phi) is 4.71. The number of nitrogens with one attached hydrogen (secondary N) is 1. The summed E-state index contributed by atoms with van der Waals surface area (Å²) in [7, 11) is 1.61. The van der Waals surface area contributed by atoms with E-state index in [1.54, 1.807) is 13.2 Å². The summed E-state index contributed by atoms with van der Waals surface area (Å²) in [4.78, 5) is 12.5. The minimum atomic E-state index is -0.122. The van der Waals surface area contributed by atoms with Crippen LogP contribution in [0.1, 0.15) is 27.4 Å². The molecule has 0 aliphatic heterocycles. The van der Waals surface area contributed by atoms with Crippen molar-refractivity contribution in [3.05, 3.63) is 59.0 Å². The number of nitrogens with zero attached hydrogens (tertiary/aromatic N) is 1. The van der Waals surface area contributed by atoms with Crippen molar-refractivity contribution in [2.24, 2.45) is 0 Å². The van der Waals surface area contributed by atoms with Crippen LogP contribution in [0.2, 0.25) is 0 Å². The van der Waals surface area contributed by atoms with Gasteiger partial charge < -0.3 is 19.0 Å². The summed E-state index contributed by atoms with van der Waals surface area (Å²) in [6, 6.07) is 12.1. The van der Waals surface area contributed by atoms with Gasteiger partial charge in [-0.1, -0.05) is 29.8 Å². The van der Waals surface area contributed by atoms with Gasteiger partial charge in [-0.15, -0.1) is 0 Å². The molecule has 5 heteroatoms. The average molecular weight is 326 g/mol. The quantitative estimate of drug-likeness (QED) is 0.707. The van der Waals surface area contributed by atoms with Crippen molar-refractivity contribution in [2.75, 3.05) is 20.3 Å². The predicted octanol–water partition coefficient (Wildman–Crippen LogP) is 3.28. The van der Waals surface area contributed by atoms with Crippen LogP contribution in [0.5, 0.6) is 0 Å². The highest BCUT2D eigenvalue weighted by molar-refractivity contribution is 5.97. The molecule has 24 heavy (non-hydrogen) atoms. The fourth-order valence-electron chi connectivity index (χ4n) is 2.76. The summed E-state index contributed by atoms with van der Waals surface area (Å²) >= 11 is 0. The number of carbonyl (C=O) groups excluding carboxylic acids is 1. The second-order valence-corrected chi connectivity index (χ2v) is 5.96. The molecule has 1 aromatic carbocycles. The lowest BCUT2D eigenvalue weighted by molar-refractivity contribution is 0.0928. The number of fused-ring (bicyclic) bond motifs is 1. The summed E-state index contributed by atoms with van der Waals surface area (Å²) in [5.74, 6) is 0.715. The van der Waals surface area contributed by atoms with Gasteiger partial charge in [-0.25, -0.2) is 0 Å². The average Bonchev–Trinajstić information content (AvgIpc) is 3.07. The number of carbonyl (C=O) groups is 1. The van der Waals surface area contributed by atoms with Crippen LogP contribution in [0.15, 0.2) is 40.8 Å². The van der Waals surface area contributed by atoms with Crippen molar-refractivity contribution in [1.82, 2.24) is 9.88 Å². The normalized spacial score (nSPS) is 11.1. The van der Waals surface area contributed by atoms with Crippen LogP contribution >= 0.6 is 0 Å². The lowest BCUT2D eigenvalue weighted by atomic mass is 10.1. The molecule has 0 saturated carbocycles. The van der Waals surface area contributed by atoms with Crippen molar-refractivity contribution < 1.29 is 13.9 Å². The SMILES string of the molecule is COCCNC(=O)c1cc2oc(C)cc2n1Cc1ccc(C)cc1. The Morgan fingerprint density at radius 1 is 1.21 bits per heavy atom. The summed E-state index contributed by atoms with van der Waals surface area (Å²) in [6.45, 7) is 5.56. The molecule has 5 nitrogen and oxygen atoms in total.